The molecule has 3 aromatic heterocycles. The van der Waals surface area contributed by atoms with E-state index in [1.165, 1.54) is 0 Å². The average Bonchev–Trinajstić information content (AvgIpc) is 3.26. The number of anilines is 1. The maximum atomic E-state index is 5.46. The van der Waals surface area contributed by atoms with Gasteiger partial charge in [-0.2, -0.15) is 10.2 Å². The number of H-pyrrole nitrogens is 2. The van der Waals surface area contributed by atoms with Gasteiger partial charge in [0.1, 0.15) is 17.8 Å². The Morgan fingerprint density at radius 1 is 1.08 bits per heavy atom. The van der Waals surface area contributed by atoms with Crippen LogP contribution in [0.4, 0.5) is 5.82 Å². The van der Waals surface area contributed by atoms with Gasteiger partial charge in [0.25, 0.3) is 0 Å². The number of nitrogens with zero attached hydrogens (tertiary/aromatic N) is 5. The van der Waals surface area contributed by atoms with Gasteiger partial charge in [-0.3, -0.25) is 10.2 Å². The summed E-state index contributed by atoms with van der Waals surface area (Å²) in [5, 5.41) is 17.0. The number of benzene rings is 1. The lowest BCUT2D eigenvalue weighted by atomic mass is 10.1. The number of aromatic amines is 2. The Morgan fingerprint density at radius 3 is 2.84 bits per heavy atom. The molecule has 0 bridgehead atoms. The van der Waals surface area contributed by atoms with Crippen LogP contribution >= 0.6 is 0 Å². The smallest absolute Gasteiger partial charge is 0.161 e. The number of aryl methyl sites for hydroxylation is 1. The summed E-state index contributed by atoms with van der Waals surface area (Å²) >= 11 is 0. The molecule has 8 heteroatoms. The van der Waals surface area contributed by atoms with Crippen molar-refractivity contribution < 1.29 is 4.74 Å². The van der Waals surface area contributed by atoms with Gasteiger partial charge in [-0.1, -0.05) is 12.1 Å². The van der Waals surface area contributed by atoms with E-state index in [1.54, 1.807) is 6.33 Å². The number of hydrogen-bond donors (Lipinski definition) is 2. The minimum atomic E-state index is 0.706. The molecule has 0 radical (unpaired) electrons. The third kappa shape index (κ3) is 2.25. The second-order valence-corrected chi connectivity index (χ2v) is 6.16. The average molecular weight is 335 g/mol. The second-order valence-electron chi connectivity index (χ2n) is 6.16. The molecule has 0 amide bonds. The molecule has 2 N–H and O–H groups in total. The van der Waals surface area contributed by atoms with Crippen LogP contribution in [0.25, 0.3) is 33.2 Å². The molecule has 0 saturated carbocycles. The number of ether oxygens (including phenoxy) is 1. The lowest BCUT2D eigenvalue weighted by Gasteiger charge is -2.28. The molecule has 1 saturated heterocycles. The van der Waals surface area contributed by atoms with Gasteiger partial charge in [-0.05, 0) is 13.0 Å². The summed E-state index contributed by atoms with van der Waals surface area (Å²) < 4.78 is 5.46. The van der Waals surface area contributed by atoms with E-state index in [0.29, 0.717) is 13.2 Å². The minimum absolute atomic E-state index is 0.706. The zero-order valence-electron chi connectivity index (χ0n) is 13.8. The minimum Gasteiger partial charge on any atom is -0.378 e. The molecule has 1 aliphatic rings. The highest BCUT2D eigenvalue weighted by molar-refractivity contribution is 6.00. The second kappa shape index (κ2) is 5.52. The van der Waals surface area contributed by atoms with Crippen molar-refractivity contribution in [2.45, 2.75) is 6.92 Å². The first-order valence-corrected chi connectivity index (χ1v) is 8.28. The largest absolute Gasteiger partial charge is 0.378 e. The Balaban J connectivity index is 1.69. The molecule has 0 unspecified atom stereocenters. The van der Waals surface area contributed by atoms with Crippen LogP contribution in [-0.4, -0.2) is 56.7 Å². The van der Waals surface area contributed by atoms with Gasteiger partial charge in [0.2, 0.25) is 0 Å². The standard InChI is InChI=1S/C17H17N7O/c1-10-12-3-2-11(8-13(12)21-20-10)15-14-16(23-22-15)18-9-19-17(14)24-4-6-25-7-5-24/h2-3,8-9H,4-7H2,1H3,(H,20,21)(H,18,19,22,23). The normalized spacial score (nSPS) is 15.3. The summed E-state index contributed by atoms with van der Waals surface area (Å²) in [4.78, 5) is 11.1. The zero-order valence-corrected chi connectivity index (χ0v) is 13.8. The third-order valence-electron chi connectivity index (χ3n) is 4.68. The van der Waals surface area contributed by atoms with Crippen LogP contribution < -0.4 is 4.90 Å². The summed E-state index contributed by atoms with van der Waals surface area (Å²) in [7, 11) is 0. The van der Waals surface area contributed by atoms with E-state index in [1.807, 2.05) is 6.92 Å². The van der Waals surface area contributed by atoms with E-state index in [4.69, 9.17) is 4.74 Å². The highest BCUT2D eigenvalue weighted by Crippen LogP contribution is 2.33. The van der Waals surface area contributed by atoms with E-state index in [0.717, 1.165) is 57.8 Å². The number of morpholine rings is 1. The molecule has 1 aromatic carbocycles. The van der Waals surface area contributed by atoms with Crippen molar-refractivity contribution in [2.75, 3.05) is 31.2 Å². The fourth-order valence-corrected chi connectivity index (χ4v) is 3.37. The first-order chi connectivity index (χ1) is 12.3. The molecule has 4 heterocycles. The van der Waals surface area contributed by atoms with Crippen LogP contribution in [0.5, 0.6) is 0 Å². The molecule has 1 aliphatic heterocycles. The van der Waals surface area contributed by atoms with Crippen molar-refractivity contribution in [1.29, 1.82) is 0 Å². The molecule has 0 spiro atoms. The van der Waals surface area contributed by atoms with Gasteiger partial charge in [0.05, 0.1) is 29.8 Å². The molecule has 0 atom stereocenters. The van der Waals surface area contributed by atoms with E-state index in [-0.39, 0.29) is 0 Å². The van der Waals surface area contributed by atoms with Crippen LogP contribution in [0.15, 0.2) is 24.5 Å². The summed E-state index contributed by atoms with van der Waals surface area (Å²) in [6.45, 7) is 5.04. The zero-order chi connectivity index (χ0) is 16.8. The fraction of sp³-hybridized carbons (Fsp3) is 0.294. The molecule has 126 valence electrons. The fourth-order valence-electron chi connectivity index (χ4n) is 3.37. The SMILES string of the molecule is Cc1n[nH]c2cc(-c3n[nH]c4ncnc(N5CCOCC5)c34)ccc12. The summed E-state index contributed by atoms with van der Waals surface area (Å²) in [5.41, 5.74) is 4.59. The van der Waals surface area contributed by atoms with Crippen molar-refractivity contribution in [3.63, 3.8) is 0 Å². The predicted octanol–water partition coefficient (Wildman–Crippen LogP) is 2.04. The van der Waals surface area contributed by atoms with Gasteiger partial charge in [0, 0.05) is 24.0 Å². The molecular formula is C17H17N7O. The van der Waals surface area contributed by atoms with E-state index in [9.17, 15) is 0 Å². The van der Waals surface area contributed by atoms with Crippen LogP contribution in [0.1, 0.15) is 5.69 Å². The number of rotatable bonds is 2. The van der Waals surface area contributed by atoms with E-state index >= 15 is 0 Å². The first kappa shape index (κ1) is 14.4. The van der Waals surface area contributed by atoms with Gasteiger partial charge in [-0.25, -0.2) is 9.97 Å². The molecule has 1 fully saturated rings. The van der Waals surface area contributed by atoms with Gasteiger partial charge in [-0.15, -0.1) is 0 Å². The maximum Gasteiger partial charge on any atom is 0.161 e. The highest BCUT2D eigenvalue weighted by Gasteiger charge is 2.21. The van der Waals surface area contributed by atoms with Crippen LogP contribution in [0.2, 0.25) is 0 Å². The van der Waals surface area contributed by atoms with Crippen LogP contribution in [-0.2, 0) is 4.74 Å². The van der Waals surface area contributed by atoms with Crippen LogP contribution in [0, 0.1) is 6.92 Å². The van der Waals surface area contributed by atoms with Crippen molar-refractivity contribution in [3.8, 4) is 11.3 Å². The Bertz CT molecular complexity index is 1060. The molecule has 4 aromatic rings. The molecule has 5 rings (SSSR count). The first-order valence-electron chi connectivity index (χ1n) is 8.28. The maximum absolute atomic E-state index is 5.46. The Hall–Kier alpha value is -3.00. The molecule has 25 heavy (non-hydrogen) atoms. The van der Waals surface area contributed by atoms with Gasteiger partial charge >= 0.3 is 0 Å². The third-order valence-corrected chi connectivity index (χ3v) is 4.68. The van der Waals surface area contributed by atoms with Crippen molar-refractivity contribution in [3.05, 3.63) is 30.2 Å². The highest BCUT2D eigenvalue weighted by atomic mass is 16.5. The van der Waals surface area contributed by atoms with Crippen molar-refractivity contribution in [2.24, 2.45) is 0 Å². The Labute approximate surface area is 143 Å². The Morgan fingerprint density at radius 2 is 1.96 bits per heavy atom. The number of nitrogens with one attached hydrogen (secondary N) is 2. The van der Waals surface area contributed by atoms with Gasteiger partial charge < -0.3 is 9.64 Å². The summed E-state index contributed by atoms with van der Waals surface area (Å²) in [6, 6.07) is 6.21. The quantitative estimate of drug-likeness (QED) is 0.582. The van der Waals surface area contributed by atoms with E-state index in [2.05, 4.69) is 53.5 Å². The van der Waals surface area contributed by atoms with Crippen molar-refractivity contribution in [1.82, 2.24) is 30.4 Å². The molecular weight excluding hydrogens is 318 g/mol. The lowest BCUT2D eigenvalue weighted by molar-refractivity contribution is 0.122. The molecule has 0 aliphatic carbocycles. The number of fused-ring (bicyclic) bond motifs is 2. The van der Waals surface area contributed by atoms with E-state index < -0.39 is 0 Å². The summed E-state index contributed by atoms with van der Waals surface area (Å²) in [6.07, 6.45) is 1.58. The summed E-state index contributed by atoms with van der Waals surface area (Å²) in [5.74, 6) is 0.901. The van der Waals surface area contributed by atoms with Crippen molar-refractivity contribution >= 4 is 27.8 Å². The topological polar surface area (TPSA) is 95.6 Å². The lowest BCUT2D eigenvalue weighted by Crippen LogP contribution is -2.36. The number of hydrogen-bond acceptors (Lipinski definition) is 6. The number of aromatic nitrogens is 6. The van der Waals surface area contributed by atoms with Crippen LogP contribution in [0.3, 0.4) is 0 Å². The van der Waals surface area contributed by atoms with Gasteiger partial charge in [0.15, 0.2) is 5.65 Å². The monoisotopic (exact) mass is 335 g/mol. The predicted molar refractivity (Wildman–Crippen MR) is 94.5 cm³/mol. The Kier molecular flexibility index (Phi) is 3.17. The molecule has 8 nitrogen and oxygen atoms in total.